The van der Waals surface area contributed by atoms with Gasteiger partial charge in [-0.2, -0.15) is 0 Å². The van der Waals surface area contributed by atoms with Gasteiger partial charge in [-0.3, -0.25) is 0 Å². The molecular formula is C15H15N3O. The zero-order chi connectivity index (χ0) is 13.2. The number of para-hydroxylation sites is 1. The minimum atomic E-state index is 0.748. The summed E-state index contributed by atoms with van der Waals surface area (Å²) in [4.78, 5) is 0. The topological polar surface area (TPSA) is 51.0 Å². The van der Waals surface area contributed by atoms with Crippen LogP contribution in [0.25, 0.3) is 22.4 Å². The lowest BCUT2D eigenvalue weighted by molar-refractivity contribution is 0.623. The molecule has 0 aliphatic carbocycles. The van der Waals surface area contributed by atoms with Gasteiger partial charge in [-0.15, -0.1) is 10.2 Å². The summed E-state index contributed by atoms with van der Waals surface area (Å²) in [5.74, 6) is 1.57. The Bertz CT molecular complexity index is 701. The summed E-state index contributed by atoms with van der Waals surface area (Å²) < 4.78 is 5.93. The van der Waals surface area contributed by atoms with Gasteiger partial charge >= 0.3 is 0 Å². The maximum Gasteiger partial charge on any atom is 0.158 e. The summed E-state index contributed by atoms with van der Waals surface area (Å²) in [5, 5.41) is 12.4. The van der Waals surface area contributed by atoms with Crippen LogP contribution in [-0.4, -0.2) is 17.2 Å². The van der Waals surface area contributed by atoms with Gasteiger partial charge in [0.05, 0.1) is 0 Å². The Morgan fingerprint density at radius 1 is 1.11 bits per heavy atom. The second-order valence-electron chi connectivity index (χ2n) is 4.31. The molecule has 3 rings (SSSR count). The van der Waals surface area contributed by atoms with E-state index in [9.17, 15) is 0 Å². The second kappa shape index (κ2) is 4.72. The fourth-order valence-corrected chi connectivity index (χ4v) is 2.24. The van der Waals surface area contributed by atoms with Crippen LogP contribution in [-0.2, 0) is 6.42 Å². The molecule has 2 aromatic heterocycles. The van der Waals surface area contributed by atoms with E-state index in [1.165, 1.54) is 5.56 Å². The third-order valence-electron chi connectivity index (χ3n) is 3.21. The summed E-state index contributed by atoms with van der Waals surface area (Å²) in [5.41, 5.74) is 2.85. The normalized spacial score (nSPS) is 10.8. The van der Waals surface area contributed by atoms with E-state index in [2.05, 4.69) is 28.5 Å². The van der Waals surface area contributed by atoms with E-state index in [0.29, 0.717) is 0 Å². The number of furan rings is 1. The molecule has 19 heavy (non-hydrogen) atoms. The number of hydrogen-bond donors (Lipinski definition) is 1. The minimum Gasteiger partial charge on any atom is -0.454 e. The van der Waals surface area contributed by atoms with Gasteiger partial charge < -0.3 is 9.73 Å². The largest absolute Gasteiger partial charge is 0.454 e. The number of aromatic nitrogens is 2. The van der Waals surface area contributed by atoms with Crippen LogP contribution in [0.1, 0.15) is 12.5 Å². The van der Waals surface area contributed by atoms with E-state index in [1.54, 1.807) is 0 Å². The lowest BCUT2D eigenvalue weighted by atomic mass is 10.1. The maximum atomic E-state index is 5.93. The van der Waals surface area contributed by atoms with Crippen molar-refractivity contribution in [2.24, 2.45) is 0 Å². The number of rotatable bonds is 3. The first kappa shape index (κ1) is 11.7. The van der Waals surface area contributed by atoms with Crippen LogP contribution in [0.2, 0.25) is 0 Å². The molecular weight excluding hydrogens is 238 g/mol. The van der Waals surface area contributed by atoms with E-state index in [0.717, 1.165) is 34.7 Å². The van der Waals surface area contributed by atoms with Crippen LogP contribution in [0.4, 0.5) is 5.82 Å². The Morgan fingerprint density at radius 3 is 2.63 bits per heavy atom. The third-order valence-corrected chi connectivity index (χ3v) is 3.21. The summed E-state index contributed by atoms with van der Waals surface area (Å²) >= 11 is 0. The highest BCUT2D eigenvalue weighted by molar-refractivity contribution is 5.87. The lowest BCUT2D eigenvalue weighted by Gasteiger charge is -2.01. The van der Waals surface area contributed by atoms with E-state index < -0.39 is 0 Å². The van der Waals surface area contributed by atoms with Gasteiger partial charge in [0.25, 0.3) is 0 Å². The zero-order valence-corrected chi connectivity index (χ0v) is 11.0. The molecule has 0 unspecified atom stereocenters. The summed E-state index contributed by atoms with van der Waals surface area (Å²) in [6.45, 7) is 2.12. The van der Waals surface area contributed by atoms with Crippen LogP contribution in [0, 0.1) is 0 Å². The van der Waals surface area contributed by atoms with Gasteiger partial charge in [-0.25, -0.2) is 0 Å². The van der Waals surface area contributed by atoms with Gasteiger partial charge in [-0.05, 0) is 24.6 Å². The minimum absolute atomic E-state index is 0.748. The van der Waals surface area contributed by atoms with E-state index >= 15 is 0 Å². The molecule has 0 radical (unpaired) electrons. The van der Waals surface area contributed by atoms with Crippen molar-refractivity contribution in [2.45, 2.75) is 13.3 Å². The molecule has 3 aromatic rings. The molecule has 0 aliphatic heterocycles. The van der Waals surface area contributed by atoms with Crippen molar-refractivity contribution in [1.29, 1.82) is 0 Å². The number of anilines is 1. The number of benzene rings is 1. The summed E-state index contributed by atoms with van der Waals surface area (Å²) in [6, 6.07) is 11.9. The Kier molecular flexibility index (Phi) is 2.91. The van der Waals surface area contributed by atoms with Crippen LogP contribution in [0.3, 0.4) is 0 Å². The monoisotopic (exact) mass is 253 g/mol. The van der Waals surface area contributed by atoms with Crippen LogP contribution >= 0.6 is 0 Å². The molecule has 0 aliphatic rings. The number of fused-ring (bicyclic) bond motifs is 1. The molecule has 96 valence electrons. The maximum absolute atomic E-state index is 5.93. The number of nitrogens with one attached hydrogen (secondary N) is 1. The summed E-state index contributed by atoms with van der Waals surface area (Å²) in [7, 11) is 1.82. The molecule has 1 N–H and O–H groups in total. The average molecular weight is 253 g/mol. The Labute approximate surface area is 111 Å². The van der Waals surface area contributed by atoms with Crippen molar-refractivity contribution in [1.82, 2.24) is 10.2 Å². The average Bonchev–Trinajstić information content (AvgIpc) is 2.85. The molecule has 0 amide bonds. The molecule has 1 aromatic carbocycles. The zero-order valence-electron chi connectivity index (χ0n) is 11.0. The van der Waals surface area contributed by atoms with Gasteiger partial charge in [0.15, 0.2) is 5.76 Å². The van der Waals surface area contributed by atoms with Crippen molar-refractivity contribution in [3.05, 3.63) is 42.0 Å². The first-order valence-electron chi connectivity index (χ1n) is 6.35. The number of hydrogen-bond acceptors (Lipinski definition) is 4. The van der Waals surface area contributed by atoms with Crippen LogP contribution in [0.5, 0.6) is 0 Å². The fraction of sp³-hybridized carbons (Fsp3) is 0.200. The Hall–Kier alpha value is -2.36. The smallest absolute Gasteiger partial charge is 0.158 e. The third kappa shape index (κ3) is 1.95. The Balaban J connectivity index is 2.17. The fourth-order valence-electron chi connectivity index (χ4n) is 2.24. The highest BCUT2D eigenvalue weighted by Crippen LogP contribution is 2.32. The van der Waals surface area contributed by atoms with Crippen molar-refractivity contribution >= 4 is 16.8 Å². The molecule has 0 bridgehead atoms. The molecule has 0 saturated carbocycles. The quantitative estimate of drug-likeness (QED) is 0.776. The molecule has 0 spiro atoms. The van der Waals surface area contributed by atoms with Crippen molar-refractivity contribution in [2.75, 3.05) is 12.4 Å². The standard InChI is InChI=1S/C15H15N3O/c1-3-10-11-6-4-5-7-13(11)19-15(10)12-8-9-14(16-2)18-17-12/h4-9H,3H2,1-2H3,(H,16,18). The molecule has 2 heterocycles. The van der Waals surface area contributed by atoms with Crippen molar-refractivity contribution in [3.63, 3.8) is 0 Å². The predicted molar refractivity (Wildman–Crippen MR) is 76.2 cm³/mol. The Morgan fingerprint density at radius 2 is 1.95 bits per heavy atom. The summed E-state index contributed by atoms with van der Waals surface area (Å²) in [6.07, 6.45) is 0.905. The van der Waals surface area contributed by atoms with Gasteiger partial charge in [-0.1, -0.05) is 25.1 Å². The molecule has 4 nitrogen and oxygen atoms in total. The first-order valence-corrected chi connectivity index (χ1v) is 6.35. The molecule has 0 atom stereocenters. The van der Waals surface area contributed by atoms with Gasteiger partial charge in [0, 0.05) is 18.0 Å². The lowest BCUT2D eigenvalue weighted by Crippen LogP contribution is -1.95. The number of nitrogens with zero attached hydrogens (tertiary/aromatic N) is 2. The van der Waals surface area contributed by atoms with E-state index in [4.69, 9.17) is 4.42 Å². The van der Waals surface area contributed by atoms with E-state index in [1.807, 2.05) is 37.4 Å². The second-order valence-corrected chi connectivity index (χ2v) is 4.31. The number of aryl methyl sites for hydroxylation is 1. The molecule has 0 fully saturated rings. The molecule has 4 heteroatoms. The predicted octanol–water partition coefficient (Wildman–Crippen LogP) is 3.49. The van der Waals surface area contributed by atoms with Gasteiger partial charge in [0.1, 0.15) is 17.1 Å². The van der Waals surface area contributed by atoms with Crippen molar-refractivity contribution in [3.8, 4) is 11.5 Å². The van der Waals surface area contributed by atoms with Crippen LogP contribution in [0.15, 0.2) is 40.8 Å². The first-order chi connectivity index (χ1) is 9.33. The highest BCUT2D eigenvalue weighted by atomic mass is 16.3. The highest BCUT2D eigenvalue weighted by Gasteiger charge is 2.15. The van der Waals surface area contributed by atoms with E-state index in [-0.39, 0.29) is 0 Å². The SMILES string of the molecule is CCc1c(-c2ccc(NC)nn2)oc2ccccc12. The van der Waals surface area contributed by atoms with Gasteiger partial charge in [0.2, 0.25) is 0 Å². The molecule has 0 saturated heterocycles. The van der Waals surface area contributed by atoms with Crippen LogP contribution < -0.4 is 5.32 Å². The van der Waals surface area contributed by atoms with Crippen molar-refractivity contribution < 1.29 is 4.42 Å².